The van der Waals surface area contributed by atoms with E-state index in [-0.39, 0.29) is 0 Å². The van der Waals surface area contributed by atoms with Crippen molar-refractivity contribution in [1.29, 1.82) is 5.26 Å². The van der Waals surface area contributed by atoms with E-state index in [2.05, 4.69) is 16.1 Å². The Morgan fingerprint density at radius 3 is 3.08 bits per heavy atom. The molecule has 0 atom stereocenters. The van der Waals surface area contributed by atoms with Gasteiger partial charge in [-0.3, -0.25) is 0 Å². The summed E-state index contributed by atoms with van der Waals surface area (Å²) in [7, 11) is 1.49. The van der Waals surface area contributed by atoms with E-state index in [9.17, 15) is 0 Å². The lowest BCUT2D eigenvalue weighted by atomic mass is 10.2. The summed E-state index contributed by atoms with van der Waals surface area (Å²) in [6.07, 6.45) is 0. The molecule has 0 aromatic carbocycles. The van der Waals surface area contributed by atoms with Crippen molar-refractivity contribution in [2.45, 2.75) is 6.92 Å². The van der Waals surface area contributed by atoms with Crippen LogP contribution in [-0.2, 0) is 4.84 Å². The van der Waals surface area contributed by atoms with Gasteiger partial charge in [-0.05, 0) is 18.4 Å². The molecule has 0 radical (unpaired) electrons. The van der Waals surface area contributed by atoms with E-state index in [0.29, 0.717) is 5.56 Å². The van der Waals surface area contributed by atoms with Crippen LogP contribution in [0.3, 0.4) is 0 Å². The molecule has 12 heavy (non-hydrogen) atoms. The largest absolute Gasteiger partial charge is 0.399 e. The predicted octanol–water partition coefficient (Wildman–Crippen LogP) is 1.99. The molecule has 0 spiro atoms. The molecule has 0 unspecified atom stereocenters. The third-order valence-corrected chi connectivity index (χ3v) is 2.37. The van der Waals surface area contributed by atoms with Crippen molar-refractivity contribution in [2.24, 2.45) is 5.16 Å². The first-order chi connectivity index (χ1) is 5.79. The van der Waals surface area contributed by atoms with E-state index in [1.165, 1.54) is 18.4 Å². The summed E-state index contributed by atoms with van der Waals surface area (Å²) in [4.78, 5) is 5.49. The fourth-order valence-electron chi connectivity index (χ4n) is 0.856. The maximum Gasteiger partial charge on any atom is 0.106 e. The molecule has 1 rings (SSSR count). The van der Waals surface area contributed by atoms with Gasteiger partial charge >= 0.3 is 0 Å². The van der Waals surface area contributed by atoms with E-state index in [4.69, 9.17) is 5.26 Å². The number of hydrogen-bond donors (Lipinski definition) is 0. The van der Waals surface area contributed by atoms with Crippen molar-refractivity contribution >= 4 is 17.0 Å². The summed E-state index contributed by atoms with van der Waals surface area (Å²) in [6.45, 7) is 1.82. The normalized spacial score (nSPS) is 10.9. The molecule has 3 nitrogen and oxygen atoms in total. The maximum absolute atomic E-state index is 8.69. The Hall–Kier alpha value is -1.34. The van der Waals surface area contributed by atoms with Crippen molar-refractivity contribution in [3.63, 3.8) is 0 Å². The van der Waals surface area contributed by atoms with Crippen molar-refractivity contribution in [3.05, 3.63) is 21.9 Å². The number of nitrogens with zero attached hydrogens (tertiary/aromatic N) is 2. The lowest BCUT2D eigenvalue weighted by Crippen LogP contribution is -1.93. The van der Waals surface area contributed by atoms with Gasteiger partial charge in [0.25, 0.3) is 0 Å². The van der Waals surface area contributed by atoms with Crippen LogP contribution in [0.1, 0.15) is 17.4 Å². The summed E-state index contributed by atoms with van der Waals surface area (Å²) in [6, 6.07) is 3.86. The van der Waals surface area contributed by atoms with Gasteiger partial charge in [0.2, 0.25) is 0 Å². The van der Waals surface area contributed by atoms with Gasteiger partial charge in [-0.25, -0.2) is 0 Å². The average Bonchev–Trinajstić information content (AvgIpc) is 2.51. The molecule has 0 aliphatic carbocycles. The van der Waals surface area contributed by atoms with E-state index >= 15 is 0 Å². The van der Waals surface area contributed by atoms with Crippen molar-refractivity contribution in [3.8, 4) is 6.07 Å². The number of thiophene rings is 1. The molecule has 1 aromatic rings. The zero-order valence-electron chi connectivity index (χ0n) is 6.87. The number of hydrogen-bond acceptors (Lipinski definition) is 4. The number of oxime groups is 1. The molecule has 0 aliphatic heterocycles. The second-order valence-electron chi connectivity index (χ2n) is 2.13. The molecule has 0 N–H and O–H groups in total. The Morgan fingerprint density at radius 2 is 2.50 bits per heavy atom. The highest BCUT2D eigenvalue weighted by Crippen LogP contribution is 2.16. The summed E-state index contributed by atoms with van der Waals surface area (Å²) < 4.78 is 0. The minimum Gasteiger partial charge on any atom is -0.399 e. The number of rotatable bonds is 2. The molecule has 0 amide bonds. The molecule has 1 heterocycles. The van der Waals surface area contributed by atoms with E-state index in [1.54, 1.807) is 6.07 Å². The predicted molar refractivity (Wildman–Crippen MR) is 48.3 cm³/mol. The Labute approximate surface area is 74.9 Å². The monoisotopic (exact) mass is 180 g/mol. The van der Waals surface area contributed by atoms with Crippen molar-refractivity contribution < 1.29 is 4.84 Å². The van der Waals surface area contributed by atoms with Crippen LogP contribution in [-0.4, -0.2) is 12.8 Å². The zero-order valence-corrected chi connectivity index (χ0v) is 7.68. The molecular weight excluding hydrogens is 172 g/mol. The van der Waals surface area contributed by atoms with Crippen LogP contribution in [0.5, 0.6) is 0 Å². The fraction of sp³-hybridized carbons (Fsp3) is 0.250. The second kappa shape index (κ2) is 3.88. The summed E-state index contributed by atoms with van der Waals surface area (Å²) in [5.41, 5.74) is 1.39. The Kier molecular flexibility index (Phi) is 2.83. The SMILES string of the molecule is CON=C(C)c1sccc1C#N. The lowest BCUT2D eigenvalue weighted by molar-refractivity contribution is 0.213. The molecule has 62 valence electrons. The van der Waals surface area contributed by atoms with Crippen LogP contribution in [0.4, 0.5) is 0 Å². The van der Waals surface area contributed by atoms with Gasteiger partial charge in [-0.15, -0.1) is 11.3 Å². The smallest absolute Gasteiger partial charge is 0.106 e. The summed E-state index contributed by atoms with van der Waals surface area (Å²) >= 11 is 1.49. The van der Waals surface area contributed by atoms with E-state index < -0.39 is 0 Å². The molecule has 1 aromatic heterocycles. The molecule has 0 fully saturated rings. The number of nitriles is 1. The Morgan fingerprint density at radius 1 is 1.75 bits per heavy atom. The first kappa shape index (κ1) is 8.75. The first-order valence-electron chi connectivity index (χ1n) is 3.35. The minimum absolute atomic E-state index is 0.651. The minimum atomic E-state index is 0.651. The highest BCUT2D eigenvalue weighted by atomic mass is 32.1. The van der Waals surface area contributed by atoms with Gasteiger partial charge in [-0.2, -0.15) is 5.26 Å². The van der Waals surface area contributed by atoms with Crippen molar-refractivity contribution in [1.82, 2.24) is 0 Å². The second-order valence-corrected chi connectivity index (χ2v) is 3.05. The lowest BCUT2D eigenvalue weighted by Gasteiger charge is -1.94. The molecule has 0 saturated heterocycles. The zero-order chi connectivity index (χ0) is 8.97. The van der Waals surface area contributed by atoms with Gasteiger partial charge in [0.1, 0.15) is 13.2 Å². The molecular formula is C8H8N2OS. The van der Waals surface area contributed by atoms with Crippen LogP contribution in [0.15, 0.2) is 16.6 Å². The quantitative estimate of drug-likeness (QED) is 0.516. The van der Waals surface area contributed by atoms with Crippen LogP contribution in [0.2, 0.25) is 0 Å². The highest BCUT2D eigenvalue weighted by Gasteiger charge is 2.06. The van der Waals surface area contributed by atoms with Gasteiger partial charge in [0.15, 0.2) is 0 Å². The first-order valence-corrected chi connectivity index (χ1v) is 4.23. The third kappa shape index (κ3) is 1.63. The summed E-state index contributed by atoms with van der Waals surface area (Å²) in [5, 5.41) is 14.3. The van der Waals surface area contributed by atoms with Gasteiger partial charge < -0.3 is 4.84 Å². The van der Waals surface area contributed by atoms with Crippen LogP contribution < -0.4 is 0 Å². The highest BCUT2D eigenvalue weighted by molar-refractivity contribution is 7.12. The topological polar surface area (TPSA) is 45.4 Å². The van der Waals surface area contributed by atoms with Crippen LogP contribution in [0.25, 0.3) is 0 Å². The standard InChI is InChI=1S/C8H8N2OS/c1-6(10-11-2)8-7(5-9)3-4-12-8/h3-4H,1-2H3. The molecule has 4 heteroatoms. The van der Waals surface area contributed by atoms with Gasteiger partial charge in [0, 0.05) is 0 Å². The van der Waals surface area contributed by atoms with Gasteiger partial charge in [0.05, 0.1) is 16.2 Å². The average molecular weight is 180 g/mol. The van der Waals surface area contributed by atoms with Crippen molar-refractivity contribution in [2.75, 3.05) is 7.11 Å². The van der Waals surface area contributed by atoms with Crippen LogP contribution >= 0.6 is 11.3 Å². The van der Waals surface area contributed by atoms with E-state index in [1.807, 2.05) is 12.3 Å². The molecule has 0 aliphatic rings. The maximum atomic E-state index is 8.69. The van der Waals surface area contributed by atoms with E-state index in [0.717, 1.165) is 10.6 Å². The van der Waals surface area contributed by atoms with Gasteiger partial charge in [-0.1, -0.05) is 5.16 Å². The fourth-order valence-corrected chi connectivity index (χ4v) is 1.64. The summed E-state index contributed by atoms with van der Waals surface area (Å²) in [5.74, 6) is 0. The Balaban J connectivity index is 3.04. The molecule has 0 saturated carbocycles. The van der Waals surface area contributed by atoms with Crippen LogP contribution in [0, 0.1) is 11.3 Å². The Bertz CT molecular complexity index is 335. The third-order valence-electron chi connectivity index (χ3n) is 1.34. The molecule has 0 bridgehead atoms.